The van der Waals surface area contributed by atoms with E-state index < -0.39 is 0 Å². The van der Waals surface area contributed by atoms with Gasteiger partial charge in [-0.05, 0) is 29.2 Å². The number of carbonyl (C=O) groups is 2. The van der Waals surface area contributed by atoms with Crippen molar-refractivity contribution in [2.45, 2.75) is 39.5 Å². The van der Waals surface area contributed by atoms with Crippen LogP contribution in [0.15, 0.2) is 48.5 Å². The zero-order chi connectivity index (χ0) is 18.6. The molecule has 0 saturated carbocycles. The van der Waals surface area contributed by atoms with Gasteiger partial charge in [-0.3, -0.25) is 9.69 Å². The van der Waals surface area contributed by atoms with E-state index >= 15 is 0 Å². The molecule has 0 aromatic heterocycles. The Balaban J connectivity index is 2.47. The van der Waals surface area contributed by atoms with Crippen LogP contribution in [0, 0.1) is 0 Å². The number of urea groups is 1. The van der Waals surface area contributed by atoms with Crippen LogP contribution < -0.4 is 10.2 Å². The second kappa shape index (κ2) is 7.51. The summed E-state index contributed by atoms with van der Waals surface area (Å²) in [7, 11) is 1.70. The van der Waals surface area contributed by atoms with E-state index in [4.69, 9.17) is 0 Å². The smallest absolute Gasteiger partial charge is 0.308 e. The minimum absolute atomic E-state index is 0.0282. The average Bonchev–Trinajstić information content (AvgIpc) is 2.59. The van der Waals surface area contributed by atoms with Gasteiger partial charge in [0.15, 0.2) is 5.78 Å². The van der Waals surface area contributed by atoms with E-state index in [1.165, 1.54) is 4.90 Å². The van der Waals surface area contributed by atoms with Crippen LogP contribution in [0.2, 0.25) is 0 Å². The molecule has 25 heavy (non-hydrogen) atoms. The summed E-state index contributed by atoms with van der Waals surface area (Å²) < 4.78 is 0. The maximum Gasteiger partial charge on any atom is 0.326 e. The van der Waals surface area contributed by atoms with Crippen molar-refractivity contribution in [2.75, 3.05) is 17.3 Å². The first-order valence-electron chi connectivity index (χ1n) is 8.52. The zero-order valence-corrected chi connectivity index (χ0v) is 15.6. The summed E-state index contributed by atoms with van der Waals surface area (Å²) in [6.07, 6.45) is 0.398. The van der Waals surface area contributed by atoms with E-state index in [1.54, 1.807) is 13.1 Å². The van der Waals surface area contributed by atoms with E-state index in [0.717, 1.165) is 11.3 Å². The SMILES string of the molecule is CCC(=O)c1cccc(C(C)(C)C)c1N(C)C(=O)Nc1ccccc1. The fourth-order valence-corrected chi connectivity index (χ4v) is 2.76. The lowest BCUT2D eigenvalue weighted by atomic mass is 9.83. The number of Topliss-reactive ketones (excluding diaryl/α,β-unsaturated/α-hetero) is 1. The van der Waals surface area contributed by atoms with E-state index in [2.05, 4.69) is 26.1 Å². The lowest BCUT2D eigenvalue weighted by molar-refractivity contribution is 0.0988. The molecule has 0 saturated heterocycles. The number of ketones is 1. The fourth-order valence-electron chi connectivity index (χ4n) is 2.76. The number of nitrogens with one attached hydrogen (secondary N) is 1. The van der Waals surface area contributed by atoms with Crippen LogP contribution in [-0.4, -0.2) is 18.9 Å². The lowest BCUT2D eigenvalue weighted by Crippen LogP contribution is -2.34. The van der Waals surface area contributed by atoms with E-state index in [9.17, 15) is 9.59 Å². The highest BCUT2D eigenvalue weighted by molar-refractivity contribution is 6.09. The predicted octanol–water partition coefficient (Wildman–Crippen LogP) is 5.25. The van der Waals surface area contributed by atoms with Crippen molar-refractivity contribution in [2.24, 2.45) is 0 Å². The Morgan fingerprint density at radius 3 is 2.20 bits per heavy atom. The molecule has 0 unspecified atom stereocenters. The Hall–Kier alpha value is -2.62. The summed E-state index contributed by atoms with van der Waals surface area (Å²) in [4.78, 5) is 26.7. The number of anilines is 2. The van der Waals surface area contributed by atoms with Crippen molar-refractivity contribution in [3.63, 3.8) is 0 Å². The van der Waals surface area contributed by atoms with E-state index in [1.807, 2.05) is 49.4 Å². The molecule has 2 aromatic rings. The van der Waals surface area contributed by atoms with Gasteiger partial charge in [-0.25, -0.2) is 4.79 Å². The van der Waals surface area contributed by atoms with Crippen LogP contribution in [0.3, 0.4) is 0 Å². The molecule has 2 aromatic carbocycles. The number of carbonyl (C=O) groups excluding carboxylic acids is 2. The Labute approximate surface area is 149 Å². The number of benzene rings is 2. The van der Waals surface area contributed by atoms with Crippen LogP contribution in [-0.2, 0) is 5.41 Å². The molecule has 0 heterocycles. The van der Waals surface area contributed by atoms with Gasteiger partial charge in [-0.1, -0.05) is 58.0 Å². The third-order valence-electron chi connectivity index (χ3n) is 4.13. The number of hydrogen-bond acceptors (Lipinski definition) is 2. The first-order valence-corrected chi connectivity index (χ1v) is 8.52. The minimum atomic E-state index is -0.270. The molecule has 0 bridgehead atoms. The lowest BCUT2D eigenvalue weighted by Gasteiger charge is -2.29. The Morgan fingerprint density at radius 2 is 1.64 bits per heavy atom. The molecule has 2 amide bonds. The summed E-state index contributed by atoms with van der Waals surface area (Å²) in [6.45, 7) is 8.07. The molecule has 0 aliphatic heterocycles. The van der Waals surface area contributed by atoms with Gasteiger partial charge in [-0.2, -0.15) is 0 Å². The van der Waals surface area contributed by atoms with Crippen LogP contribution in [0.5, 0.6) is 0 Å². The van der Waals surface area contributed by atoms with Gasteiger partial charge in [0.25, 0.3) is 0 Å². The highest BCUT2D eigenvalue weighted by atomic mass is 16.2. The molecular formula is C21H26N2O2. The second-order valence-electron chi connectivity index (χ2n) is 7.08. The fraction of sp³-hybridized carbons (Fsp3) is 0.333. The van der Waals surface area contributed by atoms with Crippen LogP contribution in [0.1, 0.15) is 50.0 Å². The molecule has 0 radical (unpaired) electrons. The summed E-state index contributed by atoms with van der Waals surface area (Å²) in [6, 6.07) is 14.7. The van der Waals surface area contributed by atoms with Gasteiger partial charge in [-0.15, -0.1) is 0 Å². The van der Waals surface area contributed by atoms with Crippen molar-refractivity contribution >= 4 is 23.2 Å². The standard InChI is InChI=1S/C21H26N2O2/c1-6-18(24)16-13-10-14-17(21(2,3)4)19(16)23(5)20(25)22-15-11-8-7-9-12-15/h7-14H,6H2,1-5H3,(H,22,25). The molecule has 4 nitrogen and oxygen atoms in total. The van der Waals surface area contributed by atoms with Crippen molar-refractivity contribution < 1.29 is 9.59 Å². The van der Waals surface area contributed by atoms with Crippen LogP contribution >= 0.6 is 0 Å². The topological polar surface area (TPSA) is 49.4 Å². The second-order valence-corrected chi connectivity index (χ2v) is 7.08. The molecule has 1 N–H and O–H groups in total. The maximum absolute atomic E-state index is 12.8. The third kappa shape index (κ3) is 4.27. The van der Waals surface area contributed by atoms with Crippen molar-refractivity contribution in [3.05, 3.63) is 59.7 Å². The number of rotatable bonds is 4. The number of para-hydroxylation sites is 2. The van der Waals surface area contributed by atoms with Gasteiger partial charge >= 0.3 is 6.03 Å². The highest BCUT2D eigenvalue weighted by Gasteiger charge is 2.27. The van der Waals surface area contributed by atoms with E-state index in [-0.39, 0.29) is 17.2 Å². The number of nitrogens with zero attached hydrogens (tertiary/aromatic N) is 1. The molecule has 0 aliphatic carbocycles. The van der Waals surface area contributed by atoms with Gasteiger partial charge in [0, 0.05) is 24.7 Å². The summed E-state index contributed by atoms with van der Waals surface area (Å²) >= 11 is 0. The third-order valence-corrected chi connectivity index (χ3v) is 4.13. The zero-order valence-electron chi connectivity index (χ0n) is 15.6. The van der Waals surface area contributed by atoms with Gasteiger partial charge in [0.2, 0.25) is 0 Å². The Bertz CT molecular complexity index is 761. The molecular weight excluding hydrogens is 312 g/mol. The molecule has 0 spiro atoms. The van der Waals surface area contributed by atoms with Gasteiger partial charge in [0.05, 0.1) is 5.69 Å². The van der Waals surface area contributed by atoms with E-state index in [0.29, 0.717) is 17.7 Å². The summed E-state index contributed by atoms with van der Waals surface area (Å²) in [5, 5.41) is 2.88. The van der Waals surface area contributed by atoms with Crippen molar-refractivity contribution in [1.29, 1.82) is 0 Å². The van der Waals surface area contributed by atoms with Crippen LogP contribution in [0.4, 0.5) is 16.2 Å². The number of amides is 2. The predicted molar refractivity (Wildman–Crippen MR) is 104 cm³/mol. The molecule has 4 heteroatoms. The largest absolute Gasteiger partial charge is 0.326 e. The number of hydrogen-bond donors (Lipinski definition) is 1. The normalized spacial score (nSPS) is 11.1. The van der Waals surface area contributed by atoms with Crippen LogP contribution in [0.25, 0.3) is 0 Å². The Kier molecular flexibility index (Phi) is 5.62. The average molecular weight is 338 g/mol. The molecule has 0 aliphatic rings. The van der Waals surface area contributed by atoms with Crippen molar-refractivity contribution in [3.8, 4) is 0 Å². The monoisotopic (exact) mass is 338 g/mol. The quantitative estimate of drug-likeness (QED) is 0.775. The van der Waals surface area contributed by atoms with Gasteiger partial charge in [0.1, 0.15) is 0 Å². The maximum atomic E-state index is 12.8. The molecule has 0 fully saturated rings. The molecule has 132 valence electrons. The van der Waals surface area contributed by atoms with Crippen molar-refractivity contribution in [1.82, 2.24) is 0 Å². The molecule has 0 atom stereocenters. The Morgan fingerprint density at radius 1 is 1.00 bits per heavy atom. The van der Waals surface area contributed by atoms with Gasteiger partial charge < -0.3 is 5.32 Å². The minimum Gasteiger partial charge on any atom is -0.308 e. The molecule has 2 rings (SSSR count). The highest BCUT2D eigenvalue weighted by Crippen LogP contribution is 2.35. The summed E-state index contributed by atoms with van der Waals surface area (Å²) in [5.41, 5.74) is 2.75. The first-order chi connectivity index (χ1) is 11.8. The first kappa shape index (κ1) is 18.7. The summed E-state index contributed by atoms with van der Waals surface area (Å²) in [5.74, 6) is 0.0282.